The van der Waals surface area contributed by atoms with Crippen LogP contribution in [0.15, 0.2) is 12.1 Å². The Morgan fingerprint density at radius 3 is 2.78 bits per heavy atom. The molecule has 0 saturated carbocycles. The van der Waals surface area contributed by atoms with Crippen molar-refractivity contribution in [1.29, 1.82) is 0 Å². The van der Waals surface area contributed by atoms with Crippen LogP contribution in [0.5, 0.6) is 0 Å². The van der Waals surface area contributed by atoms with Gasteiger partial charge in [0.2, 0.25) is 0 Å². The van der Waals surface area contributed by atoms with E-state index < -0.39 is 10.1 Å². The van der Waals surface area contributed by atoms with Gasteiger partial charge in [-0.1, -0.05) is 12.1 Å². The predicted octanol–water partition coefficient (Wildman–Crippen LogP) is 1.07. The Kier molecular flexibility index (Phi) is 7.80. The topological polar surface area (TPSA) is 126 Å². The van der Waals surface area contributed by atoms with Crippen molar-refractivity contribution >= 4 is 21.8 Å². The Balaban J connectivity index is 1.82. The molecule has 2 aromatic rings. The fourth-order valence-electron chi connectivity index (χ4n) is 3.54. The van der Waals surface area contributed by atoms with E-state index in [2.05, 4.69) is 15.2 Å². The monoisotopic (exact) mass is 467 g/mol. The Morgan fingerprint density at radius 1 is 1.31 bits per heavy atom. The second-order valence-corrected chi connectivity index (χ2v) is 9.08. The van der Waals surface area contributed by atoms with E-state index in [1.807, 2.05) is 19.1 Å². The molecule has 1 aliphatic heterocycles. The third-order valence-corrected chi connectivity index (χ3v) is 5.61. The van der Waals surface area contributed by atoms with Gasteiger partial charge in [0.05, 0.1) is 54.8 Å². The third-order valence-electron chi connectivity index (χ3n) is 5.06. The number of rotatable bonds is 9. The number of aryl methyl sites for hydroxylation is 2. The van der Waals surface area contributed by atoms with Crippen molar-refractivity contribution in [3.8, 4) is 11.4 Å². The predicted molar refractivity (Wildman–Crippen MR) is 116 cm³/mol. The molecule has 1 aliphatic rings. The molecular formula is C20H29N5O6S. The number of aromatic nitrogens is 4. The van der Waals surface area contributed by atoms with Crippen molar-refractivity contribution in [3.05, 3.63) is 23.5 Å². The van der Waals surface area contributed by atoms with Gasteiger partial charge in [-0.25, -0.2) is 9.67 Å². The summed E-state index contributed by atoms with van der Waals surface area (Å²) in [6.45, 7) is 5.71. The SMILES string of the molecule is CCOC(=O)CC1CN(c2ccc(-c3nnn(C)c3COS(C)(=O)=O)nc2CC)CCO1. The Labute approximate surface area is 187 Å². The maximum Gasteiger partial charge on any atom is 0.308 e. The molecule has 0 N–H and O–H groups in total. The largest absolute Gasteiger partial charge is 0.466 e. The van der Waals surface area contributed by atoms with Gasteiger partial charge in [-0.05, 0) is 25.5 Å². The van der Waals surface area contributed by atoms with Gasteiger partial charge in [-0.3, -0.25) is 8.98 Å². The number of esters is 1. The minimum Gasteiger partial charge on any atom is -0.466 e. The van der Waals surface area contributed by atoms with Crippen LogP contribution in [0.4, 0.5) is 5.69 Å². The summed E-state index contributed by atoms with van der Waals surface area (Å²) in [5.41, 5.74) is 3.39. The number of pyridine rings is 1. The minimum absolute atomic E-state index is 0.179. The van der Waals surface area contributed by atoms with E-state index in [1.165, 1.54) is 4.68 Å². The zero-order valence-electron chi connectivity index (χ0n) is 18.8. The number of carbonyl (C=O) groups excluding carboxylic acids is 1. The molecule has 1 unspecified atom stereocenters. The molecular weight excluding hydrogens is 438 g/mol. The molecule has 0 amide bonds. The number of ether oxygens (including phenoxy) is 2. The van der Waals surface area contributed by atoms with Gasteiger partial charge in [-0.2, -0.15) is 8.42 Å². The lowest BCUT2D eigenvalue weighted by Crippen LogP contribution is -2.44. The summed E-state index contributed by atoms with van der Waals surface area (Å²) < 4.78 is 40.0. The first kappa shape index (κ1) is 24.1. The lowest BCUT2D eigenvalue weighted by atomic mass is 10.1. The number of nitrogens with zero attached hydrogens (tertiary/aromatic N) is 5. The number of anilines is 1. The van der Waals surface area contributed by atoms with Crippen molar-refractivity contribution in [2.75, 3.05) is 37.5 Å². The summed E-state index contributed by atoms with van der Waals surface area (Å²) in [6.07, 6.45) is 1.64. The van der Waals surface area contributed by atoms with Gasteiger partial charge < -0.3 is 14.4 Å². The van der Waals surface area contributed by atoms with Crippen molar-refractivity contribution in [2.24, 2.45) is 7.05 Å². The van der Waals surface area contributed by atoms with E-state index in [9.17, 15) is 13.2 Å². The second-order valence-electron chi connectivity index (χ2n) is 7.44. The third kappa shape index (κ3) is 6.02. The number of hydrogen-bond donors (Lipinski definition) is 0. The van der Waals surface area contributed by atoms with Gasteiger partial charge in [0.1, 0.15) is 12.3 Å². The molecule has 0 radical (unpaired) electrons. The molecule has 3 heterocycles. The quantitative estimate of drug-likeness (QED) is 0.390. The van der Waals surface area contributed by atoms with E-state index in [0.29, 0.717) is 49.8 Å². The molecule has 11 nitrogen and oxygen atoms in total. The maximum atomic E-state index is 11.8. The fourth-order valence-corrected chi connectivity index (χ4v) is 3.87. The highest BCUT2D eigenvalue weighted by atomic mass is 32.2. The van der Waals surface area contributed by atoms with Crippen molar-refractivity contribution in [1.82, 2.24) is 20.0 Å². The van der Waals surface area contributed by atoms with Gasteiger partial charge >= 0.3 is 5.97 Å². The van der Waals surface area contributed by atoms with Crippen molar-refractivity contribution in [3.63, 3.8) is 0 Å². The molecule has 0 spiro atoms. The van der Waals surface area contributed by atoms with Crippen LogP contribution >= 0.6 is 0 Å². The number of morpholine rings is 1. The highest BCUT2D eigenvalue weighted by molar-refractivity contribution is 7.85. The van der Waals surface area contributed by atoms with Crippen LogP contribution in [0.25, 0.3) is 11.4 Å². The van der Waals surface area contributed by atoms with E-state index in [0.717, 1.165) is 17.6 Å². The number of hydrogen-bond acceptors (Lipinski definition) is 10. The highest BCUT2D eigenvalue weighted by Crippen LogP contribution is 2.28. The molecule has 176 valence electrons. The first-order valence-corrected chi connectivity index (χ1v) is 12.3. The Hall–Kier alpha value is -2.57. The zero-order chi connectivity index (χ0) is 23.3. The summed E-state index contributed by atoms with van der Waals surface area (Å²) in [4.78, 5) is 18.8. The Bertz CT molecular complexity index is 1050. The van der Waals surface area contributed by atoms with Crippen LogP contribution in [0.3, 0.4) is 0 Å². The normalized spacial score (nSPS) is 16.9. The number of carbonyl (C=O) groups is 1. The second kappa shape index (κ2) is 10.4. The van der Waals surface area contributed by atoms with Gasteiger partial charge in [0.15, 0.2) is 0 Å². The lowest BCUT2D eigenvalue weighted by molar-refractivity contribution is -0.146. The maximum absolute atomic E-state index is 11.8. The van der Waals surface area contributed by atoms with Crippen LogP contribution in [-0.4, -0.2) is 73.0 Å². The van der Waals surface area contributed by atoms with Gasteiger partial charge in [0, 0.05) is 20.1 Å². The van der Waals surface area contributed by atoms with Gasteiger partial charge in [0.25, 0.3) is 10.1 Å². The molecule has 3 rings (SSSR count). The van der Waals surface area contributed by atoms with Crippen LogP contribution in [0.2, 0.25) is 0 Å². The average Bonchev–Trinajstić information content (AvgIpc) is 3.12. The summed E-state index contributed by atoms with van der Waals surface area (Å²) >= 11 is 0. The van der Waals surface area contributed by atoms with E-state index in [1.54, 1.807) is 14.0 Å². The molecule has 1 saturated heterocycles. The van der Waals surface area contributed by atoms with E-state index in [-0.39, 0.29) is 25.1 Å². The van der Waals surface area contributed by atoms with Gasteiger partial charge in [-0.15, -0.1) is 5.10 Å². The molecule has 0 aliphatic carbocycles. The smallest absolute Gasteiger partial charge is 0.308 e. The molecule has 2 aromatic heterocycles. The molecule has 1 atom stereocenters. The summed E-state index contributed by atoms with van der Waals surface area (Å²) in [5, 5.41) is 8.15. The molecule has 0 aromatic carbocycles. The summed E-state index contributed by atoms with van der Waals surface area (Å²) in [6, 6.07) is 3.79. The van der Waals surface area contributed by atoms with E-state index >= 15 is 0 Å². The lowest BCUT2D eigenvalue weighted by Gasteiger charge is -2.35. The van der Waals surface area contributed by atoms with E-state index in [4.69, 9.17) is 18.6 Å². The minimum atomic E-state index is -3.61. The highest BCUT2D eigenvalue weighted by Gasteiger charge is 2.26. The standard InChI is InChI=1S/C20H29N5O6S/c1-5-15-17(25-9-10-30-14(12-25)11-19(26)29-6-2)8-7-16(21-15)20-18(24(3)23-22-20)13-31-32(4,27)28/h7-8,14H,5-6,9-13H2,1-4H3. The molecule has 1 fully saturated rings. The molecule has 0 bridgehead atoms. The first-order chi connectivity index (χ1) is 15.2. The summed E-state index contributed by atoms with van der Waals surface area (Å²) in [5.74, 6) is -0.268. The van der Waals surface area contributed by atoms with Crippen molar-refractivity contribution in [2.45, 2.75) is 39.4 Å². The summed E-state index contributed by atoms with van der Waals surface area (Å²) in [7, 11) is -1.94. The molecule has 12 heteroatoms. The fraction of sp³-hybridized carbons (Fsp3) is 0.600. The molecule has 32 heavy (non-hydrogen) atoms. The first-order valence-electron chi connectivity index (χ1n) is 10.5. The van der Waals surface area contributed by atoms with Crippen LogP contribution in [-0.2, 0) is 48.6 Å². The van der Waals surface area contributed by atoms with Crippen LogP contribution < -0.4 is 4.90 Å². The Morgan fingerprint density at radius 2 is 2.09 bits per heavy atom. The zero-order valence-corrected chi connectivity index (χ0v) is 19.6. The van der Waals surface area contributed by atoms with Crippen LogP contribution in [0.1, 0.15) is 31.7 Å². The van der Waals surface area contributed by atoms with Crippen LogP contribution in [0, 0.1) is 0 Å². The average molecular weight is 468 g/mol. The van der Waals surface area contributed by atoms with Crippen molar-refractivity contribution < 1.29 is 26.9 Å².